The van der Waals surface area contributed by atoms with Crippen molar-refractivity contribution in [2.24, 2.45) is 0 Å². The van der Waals surface area contributed by atoms with Crippen molar-refractivity contribution in [3.05, 3.63) is 29.8 Å². The molecular weight excluding hydrogens is 240 g/mol. The highest BCUT2D eigenvalue weighted by molar-refractivity contribution is 7.90. The Labute approximate surface area is 102 Å². The first-order valence-corrected chi connectivity index (χ1v) is 7.53. The van der Waals surface area contributed by atoms with Gasteiger partial charge in [-0.25, -0.2) is 8.42 Å². The number of benzene rings is 1. The molecule has 0 bridgehead atoms. The number of hydrogen-bond acceptors (Lipinski definition) is 4. The van der Waals surface area contributed by atoms with Crippen LogP contribution in [-0.2, 0) is 9.84 Å². The maximum atomic E-state index is 10.9. The highest BCUT2D eigenvalue weighted by atomic mass is 32.2. The van der Waals surface area contributed by atoms with E-state index in [2.05, 4.69) is 0 Å². The van der Waals surface area contributed by atoms with E-state index in [9.17, 15) is 13.5 Å². The van der Waals surface area contributed by atoms with E-state index in [0.717, 1.165) is 5.56 Å². The molecule has 5 heteroatoms. The Morgan fingerprint density at radius 2 is 2.12 bits per heavy atom. The molecule has 1 N–H and O–H groups in total. The summed E-state index contributed by atoms with van der Waals surface area (Å²) >= 11 is 0. The van der Waals surface area contributed by atoms with Gasteiger partial charge in [0.25, 0.3) is 0 Å². The lowest BCUT2D eigenvalue weighted by Crippen LogP contribution is -2.08. The van der Waals surface area contributed by atoms with Crippen LogP contribution in [0.25, 0.3) is 0 Å². The van der Waals surface area contributed by atoms with Gasteiger partial charge in [-0.2, -0.15) is 0 Å². The van der Waals surface area contributed by atoms with E-state index in [-0.39, 0.29) is 5.75 Å². The molecule has 96 valence electrons. The number of hydrogen-bond donors (Lipinski definition) is 1. The maximum Gasteiger partial charge on any atom is 0.147 e. The molecule has 4 nitrogen and oxygen atoms in total. The minimum absolute atomic E-state index is 0.128. The normalized spacial score (nSPS) is 13.4. The summed E-state index contributed by atoms with van der Waals surface area (Å²) in [5.41, 5.74) is 0.783. The van der Waals surface area contributed by atoms with Crippen LogP contribution in [0.1, 0.15) is 25.0 Å². The van der Waals surface area contributed by atoms with Crippen LogP contribution >= 0.6 is 0 Å². The Bertz CT molecular complexity index is 451. The van der Waals surface area contributed by atoms with Crippen molar-refractivity contribution >= 4 is 9.84 Å². The summed E-state index contributed by atoms with van der Waals surface area (Å²) < 4.78 is 27.2. The van der Waals surface area contributed by atoms with E-state index in [1.165, 1.54) is 6.26 Å². The topological polar surface area (TPSA) is 63.6 Å². The SMILES string of the molecule is C[C@H](O)c1cccc(OCCCS(C)(=O)=O)c1. The number of aliphatic hydroxyl groups is 1. The average molecular weight is 258 g/mol. The van der Waals surface area contributed by atoms with Gasteiger partial charge in [-0.3, -0.25) is 0 Å². The fourth-order valence-electron chi connectivity index (χ4n) is 1.38. The Morgan fingerprint density at radius 3 is 2.71 bits per heavy atom. The first-order valence-electron chi connectivity index (χ1n) is 5.47. The summed E-state index contributed by atoms with van der Waals surface area (Å²) in [5, 5.41) is 9.39. The number of rotatable bonds is 6. The van der Waals surface area contributed by atoms with E-state index >= 15 is 0 Å². The Morgan fingerprint density at radius 1 is 1.41 bits per heavy atom. The predicted octanol–water partition coefficient (Wildman–Crippen LogP) is 1.55. The summed E-state index contributed by atoms with van der Waals surface area (Å²) in [6.45, 7) is 2.04. The minimum Gasteiger partial charge on any atom is -0.494 e. The second kappa shape index (κ2) is 6.02. The van der Waals surface area contributed by atoms with Gasteiger partial charge in [0.1, 0.15) is 15.6 Å². The molecule has 0 fully saturated rings. The molecular formula is C12H18O4S. The summed E-state index contributed by atoms with van der Waals surface area (Å²) in [5.74, 6) is 0.778. The molecule has 0 heterocycles. The molecule has 0 aliphatic heterocycles. The van der Waals surface area contributed by atoms with Crippen molar-refractivity contribution < 1.29 is 18.3 Å². The highest BCUT2D eigenvalue weighted by Gasteiger charge is 2.04. The van der Waals surface area contributed by atoms with Crippen LogP contribution in [0.3, 0.4) is 0 Å². The molecule has 0 radical (unpaired) electrons. The molecule has 0 aliphatic rings. The zero-order valence-corrected chi connectivity index (χ0v) is 10.9. The summed E-state index contributed by atoms with van der Waals surface area (Å²) in [7, 11) is -2.92. The molecule has 1 aromatic carbocycles. The van der Waals surface area contributed by atoms with E-state index < -0.39 is 15.9 Å². The molecule has 0 amide bonds. The van der Waals surface area contributed by atoms with Crippen LogP contribution in [-0.4, -0.2) is 32.1 Å². The molecule has 0 saturated carbocycles. The van der Waals surface area contributed by atoms with Crippen LogP contribution in [0, 0.1) is 0 Å². The third kappa shape index (κ3) is 5.70. The van der Waals surface area contributed by atoms with E-state index in [1.807, 2.05) is 6.07 Å². The fraction of sp³-hybridized carbons (Fsp3) is 0.500. The van der Waals surface area contributed by atoms with Crippen LogP contribution < -0.4 is 4.74 Å². The van der Waals surface area contributed by atoms with Crippen LogP contribution in [0.15, 0.2) is 24.3 Å². The number of aliphatic hydroxyl groups excluding tert-OH is 1. The molecule has 0 spiro atoms. The summed E-state index contributed by atoms with van der Waals surface area (Å²) in [6.07, 6.45) is 1.15. The molecule has 17 heavy (non-hydrogen) atoms. The zero-order chi connectivity index (χ0) is 12.9. The average Bonchev–Trinajstić information content (AvgIpc) is 2.23. The molecule has 1 aromatic rings. The lowest BCUT2D eigenvalue weighted by Gasteiger charge is -2.09. The molecule has 0 aromatic heterocycles. The van der Waals surface area contributed by atoms with Crippen LogP contribution in [0.4, 0.5) is 0 Å². The van der Waals surface area contributed by atoms with Crippen molar-refractivity contribution in [2.45, 2.75) is 19.4 Å². The van der Waals surface area contributed by atoms with Crippen molar-refractivity contribution in [2.75, 3.05) is 18.6 Å². The third-order valence-electron chi connectivity index (χ3n) is 2.27. The Hall–Kier alpha value is -1.07. The van der Waals surface area contributed by atoms with Gasteiger partial charge in [0.05, 0.1) is 18.5 Å². The first kappa shape index (κ1) is 14.0. The Balaban J connectivity index is 2.44. The first-order chi connectivity index (χ1) is 7.88. The second-order valence-electron chi connectivity index (χ2n) is 4.08. The van der Waals surface area contributed by atoms with Gasteiger partial charge >= 0.3 is 0 Å². The minimum atomic E-state index is -2.92. The van der Waals surface area contributed by atoms with Gasteiger partial charge in [-0.15, -0.1) is 0 Å². The smallest absolute Gasteiger partial charge is 0.147 e. The molecule has 1 rings (SSSR count). The lowest BCUT2D eigenvalue weighted by atomic mass is 10.1. The van der Waals surface area contributed by atoms with Gasteiger partial charge in [0.15, 0.2) is 0 Å². The molecule has 1 atom stereocenters. The Kier molecular flexibility index (Phi) is 4.96. The van der Waals surface area contributed by atoms with Gasteiger partial charge in [-0.05, 0) is 31.0 Å². The molecule has 0 aliphatic carbocycles. The van der Waals surface area contributed by atoms with Gasteiger partial charge in [-0.1, -0.05) is 12.1 Å². The van der Waals surface area contributed by atoms with Gasteiger partial charge < -0.3 is 9.84 Å². The zero-order valence-electron chi connectivity index (χ0n) is 10.1. The fourth-order valence-corrected chi connectivity index (χ4v) is 2.02. The monoisotopic (exact) mass is 258 g/mol. The van der Waals surface area contributed by atoms with Gasteiger partial charge in [0, 0.05) is 6.26 Å². The standard InChI is InChI=1S/C12H18O4S/c1-10(13)11-5-3-6-12(9-11)16-7-4-8-17(2,14)15/h3,5-6,9-10,13H,4,7-8H2,1-2H3/t10-/m0/s1. The van der Waals surface area contributed by atoms with Crippen molar-refractivity contribution in [1.82, 2.24) is 0 Å². The van der Waals surface area contributed by atoms with Crippen molar-refractivity contribution in [1.29, 1.82) is 0 Å². The van der Waals surface area contributed by atoms with Crippen LogP contribution in [0.5, 0.6) is 5.75 Å². The van der Waals surface area contributed by atoms with Crippen molar-refractivity contribution in [3.8, 4) is 5.75 Å². The highest BCUT2D eigenvalue weighted by Crippen LogP contribution is 2.18. The summed E-state index contributed by atoms with van der Waals surface area (Å²) in [6, 6.07) is 7.15. The van der Waals surface area contributed by atoms with Crippen molar-refractivity contribution in [3.63, 3.8) is 0 Å². The number of ether oxygens (including phenoxy) is 1. The van der Waals surface area contributed by atoms with E-state index in [1.54, 1.807) is 25.1 Å². The third-order valence-corrected chi connectivity index (χ3v) is 3.30. The van der Waals surface area contributed by atoms with E-state index in [0.29, 0.717) is 18.8 Å². The predicted molar refractivity (Wildman–Crippen MR) is 66.9 cm³/mol. The lowest BCUT2D eigenvalue weighted by molar-refractivity contribution is 0.198. The second-order valence-corrected chi connectivity index (χ2v) is 6.34. The summed E-state index contributed by atoms with van der Waals surface area (Å²) in [4.78, 5) is 0. The molecule has 0 unspecified atom stereocenters. The number of sulfone groups is 1. The maximum absolute atomic E-state index is 10.9. The van der Waals surface area contributed by atoms with E-state index in [4.69, 9.17) is 4.74 Å². The quantitative estimate of drug-likeness (QED) is 0.786. The largest absolute Gasteiger partial charge is 0.494 e. The van der Waals surface area contributed by atoms with Gasteiger partial charge in [0.2, 0.25) is 0 Å². The molecule has 0 saturated heterocycles. The van der Waals surface area contributed by atoms with Crippen LogP contribution in [0.2, 0.25) is 0 Å².